The van der Waals surface area contributed by atoms with E-state index in [2.05, 4.69) is 5.16 Å². The van der Waals surface area contributed by atoms with Crippen LogP contribution in [-0.4, -0.2) is 30.4 Å². The van der Waals surface area contributed by atoms with Crippen molar-refractivity contribution in [2.75, 3.05) is 19.4 Å². The van der Waals surface area contributed by atoms with Gasteiger partial charge in [0.05, 0.1) is 13.2 Å². The number of unbranched alkanes of at least 4 members (excludes halogenated alkanes) is 2. The molecular formula is C10H23N2O4P. The molecule has 7 heteroatoms. The van der Waals surface area contributed by atoms with Crippen LogP contribution in [0.3, 0.4) is 0 Å². The molecule has 17 heavy (non-hydrogen) atoms. The van der Waals surface area contributed by atoms with Gasteiger partial charge in [0.25, 0.3) is 0 Å². The topological polar surface area (TPSA) is 94.1 Å². The van der Waals surface area contributed by atoms with E-state index in [1.165, 1.54) is 0 Å². The maximum atomic E-state index is 12.2. The Morgan fingerprint density at radius 1 is 1.24 bits per heavy atom. The molecule has 0 aromatic carbocycles. The molecule has 102 valence electrons. The van der Waals surface area contributed by atoms with Gasteiger partial charge < -0.3 is 20.0 Å². The highest BCUT2D eigenvalue weighted by molar-refractivity contribution is 7.54. The molecule has 0 aromatic heterocycles. The van der Waals surface area contributed by atoms with E-state index in [1.54, 1.807) is 0 Å². The number of nitrogens with zero attached hydrogens (tertiary/aromatic N) is 1. The SMILES string of the molecule is CCCCOP(=O)(CC(N)=NO)OCCCC. The molecule has 0 saturated heterocycles. The molecule has 0 heterocycles. The van der Waals surface area contributed by atoms with Gasteiger partial charge in [0.1, 0.15) is 6.16 Å². The Balaban J connectivity index is 4.29. The van der Waals surface area contributed by atoms with Crippen LogP contribution in [-0.2, 0) is 13.6 Å². The van der Waals surface area contributed by atoms with Crippen LogP contribution in [0.1, 0.15) is 39.5 Å². The summed E-state index contributed by atoms with van der Waals surface area (Å²) in [5, 5.41) is 11.3. The molecule has 0 spiro atoms. The number of rotatable bonds is 10. The average Bonchev–Trinajstić information content (AvgIpc) is 2.29. The zero-order chi connectivity index (χ0) is 13.1. The van der Waals surface area contributed by atoms with E-state index in [4.69, 9.17) is 20.0 Å². The summed E-state index contributed by atoms with van der Waals surface area (Å²) in [6, 6.07) is 0. The van der Waals surface area contributed by atoms with Crippen LogP contribution in [0.4, 0.5) is 0 Å². The van der Waals surface area contributed by atoms with Crippen molar-refractivity contribution in [1.29, 1.82) is 0 Å². The van der Waals surface area contributed by atoms with E-state index < -0.39 is 7.60 Å². The van der Waals surface area contributed by atoms with E-state index >= 15 is 0 Å². The lowest BCUT2D eigenvalue weighted by molar-refractivity contribution is 0.202. The van der Waals surface area contributed by atoms with Crippen LogP contribution >= 0.6 is 7.60 Å². The van der Waals surface area contributed by atoms with E-state index in [-0.39, 0.29) is 12.0 Å². The van der Waals surface area contributed by atoms with E-state index in [9.17, 15) is 4.57 Å². The van der Waals surface area contributed by atoms with Gasteiger partial charge in [-0.15, -0.1) is 0 Å². The van der Waals surface area contributed by atoms with E-state index in [0.717, 1.165) is 25.7 Å². The van der Waals surface area contributed by atoms with Crippen LogP contribution in [0.15, 0.2) is 5.16 Å². The van der Waals surface area contributed by atoms with Crippen molar-refractivity contribution >= 4 is 13.4 Å². The molecule has 0 rings (SSSR count). The predicted molar refractivity (Wildman–Crippen MR) is 67.6 cm³/mol. The monoisotopic (exact) mass is 266 g/mol. The minimum atomic E-state index is -3.27. The summed E-state index contributed by atoms with van der Waals surface area (Å²) in [5.74, 6) is -0.138. The summed E-state index contributed by atoms with van der Waals surface area (Å²) >= 11 is 0. The third-order valence-corrected chi connectivity index (χ3v) is 3.92. The Bertz CT molecular complexity index is 257. The number of hydrogen-bond donors (Lipinski definition) is 2. The second kappa shape index (κ2) is 9.45. The number of nitrogens with two attached hydrogens (primary N) is 1. The normalized spacial score (nSPS) is 12.9. The lowest BCUT2D eigenvalue weighted by atomic mass is 10.4. The molecule has 0 aliphatic rings. The smallest absolute Gasteiger partial charge is 0.338 e. The van der Waals surface area contributed by atoms with Crippen molar-refractivity contribution < 1.29 is 18.8 Å². The molecule has 3 N–H and O–H groups in total. The molecule has 0 saturated carbocycles. The quantitative estimate of drug-likeness (QED) is 0.158. The van der Waals surface area contributed by atoms with Crippen molar-refractivity contribution in [2.24, 2.45) is 10.9 Å². The molecule has 6 nitrogen and oxygen atoms in total. The van der Waals surface area contributed by atoms with Gasteiger partial charge >= 0.3 is 7.60 Å². The minimum Gasteiger partial charge on any atom is -0.409 e. The summed E-state index contributed by atoms with van der Waals surface area (Å²) in [4.78, 5) is 0. The Labute approximate surface area is 103 Å². The van der Waals surface area contributed by atoms with Crippen LogP contribution in [0.2, 0.25) is 0 Å². The van der Waals surface area contributed by atoms with Crippen molar-refractivity contribution in [2.45, 2.75) is 39.5 Å². The van der Waals surface area contributed by atoms with Crippen molar-refractivity contribution in [1.82, 2.24) is 0 Å². The van der Waals surface area contributed by atoms with Crippen LogP contribution in [0.25, 0.3) is 0 Å². The predicted octanol–water partition coefficient (Wildman–Crippen LogP) is 2.56. The summed E-state index contributed by atoms with van der Waals surface area (Å²) in [6.45, 7) is 4.74. The molecule has 0 atom stereocenters. The fraction of sp³-hybridized carbons (Fsp3) is 0.900. The number of amidine groups is 1. The van der Waals surface area contributed by atoms with Crippen LogP contribution in [0.5, 0.6) is 0 Å². The molecule has 0 radical (unpaired) electrons. The zero-order valence-electron chi connectivity index (χ0n) is 10.6. The molecule has 0 aliphatic heterocycles. The Kier molecular flexibility index (Phi) is 9.13. The summed E-state index contributed by atoms with van der Waals surface area (Å²) in [7, 11) is -3.27. The first-order valence-electron chi connectivity index (χ1n) is 5.92. The van der Waals surface area contributed by atoms with E-state index in [0.29, 0.717) is 13.2 Å². The van der Waals surface area contributed by atoms with Gasteiger partial charge in [-0.1, -0.05) is 31.8 Å². The lowest BCUT2D eigenvalue weighted by Gasteiger charge is -2.17. The molecule has 0 amide bonds. The van der Waals surface area contributed by atoms with Gasteiger partial charge in [-0.05, 0) is 12.8 Å². The van der Waals surface area contributed by atoms with Gasteiger partial charge in [-0.2, -0.15) is 0 Å². The van der Waals surface area contributed by atoms with Gasteiger partial charge in [0.15, 0.2) is 5.84 Å². The largest absolute Gasteiger partial charge is 0.409 e. The Morgan fingerprint density at radius 2 is 1.71 bits per heavy atom. The summed E-state index contributed by atoms with van der Waals surface area (Å²) in [6.07, 6.45) is 3.32. The zero-order valence-corrected chi connectivity index (χ0v) is 11.5. The molecule has 0 bridgehead atoms. The molecular weight excluding hydrogens is 243 g/mol. The highest BCUT2D eigenvalue weighted by Crippen LogP contribution is 2.48. The summed E-state index contributed by atoms with van der Waals surface area (Å²) < 4.78 is 22.7. The highest BCUT2D eigenvalue weighted by atomic mass is 31.2. The fourth-order valence-corrected chi connectivity index (χ4v) is 2.59. The average molecular weight is 266 g/mol. The summed E-state index contributed by atoms with van der Waals surface area (Å²) in [5.41, 5.74) is 5.34. The first-order valence-corrected chi connectivity index (χ1v) is 7.65. The molecule has 0 aliphatic carbocycles. The van der Waals surface area contributed by atoms with Gasteiger partial charge in [-0.25, -0.2) is 0 Å². The second-order valence-electron chi connectivity index (χ2n) is 3.73. The third-order valence-electron chi connectivity index (χ3n) is 2.06. The number of oxime groups is 1. The minimum absolute atomic E-state index is 0.138. The maximum Gasteiger partial charge on any atom is 0.338 e. The standard InChI is InChI=1S/C10H23N2O4P/c1-3-5-7-15-17(14,9-10(11)12-13)16-8-6-4-2/h13H,3-9H2,1-2H3,(H2,11,12). The fourth-order valence-electron chi connectivity index (χ4n) is 1.05. The third kappa shape index (κ3) is 8.18. The first-order chi connectivity index (χ1) is 8.08. The van der Waals surface area contributed by atoms with E-state index in [1.807, 2.05) is 13.8 Å². The van der Waals surface area contributed by atoms with Crippen molar-refractivity contribution in [3.63, 3.8) is 0 Å². The molecule has 0 fully saturated rings. The van der Waals surface area contributed by atoms with Gasteiger partial charge in [0, 0.05) is 0 Å². The van der Waals surface area contributed by atoms with Crippen LogP contribution in [0, 0.1) is 0 Å². The van der Waals surface area contributed by atoms with Gasteiger partial charge in [-0.3, -0.25) is 4.57 Å². The molecule has 0 unspecified atom stereocenters. The number of hydrogen-bond acceptors (Lipinski definition) is 5. The lowest BCUT2D eigenvalue weighted by Crippen LogP contribution is -2.19. The first kappa shape index (κ1) is 16.4. The Morgan fingerprint density at radius 3 is 2.06 bits per heavy atom. The maximum absolute atomic E-state index is 12.2. The van der Waals surface area contributed by atoms with Crippen molar-refractivity contribution in [3.05, 3.63) is 0 Å². The molecule has 0 aromatic rings. The second-order valence-corrected chi connectivity index (χ2v) is 5.79. The van der Waals surface area contributed by atoms with Gasteiger partial charge in [0.2, 0.25) is 0 Å². The van der Waals surface area contributed by atoms with Crippen LogP contribution < -0.4 is 5.73 Å². The highest BCUT2D eigenvalue weighted by Gasteiger charge is 2.26. The van der Waals surface area contributed by atoms with Crippen molar-refractivity contribution in [3.8, 4) is 0 Å². The Hall–Kier alpha value is -0.580.